The number of nitrogens with two attached hydrogens (primary N) is 1. The third-order valence-corrected chi connectivity index (χ3v) is 3.80. The minimum Gasteiger partial charge on any atom is -0.496 e. The number of hydrogen-bond donors (Lipinski definition) is 1. The molecule has 1 fully saturated rings. The molecule has 0 radical (unpaired) electrons. The van der Waals surface area contributed by atoms with Gasteiger partial charge >= 0.3 is 0 Å². The number of nitrogens with zero attached hydrogens (tertiary/aromatic N) is 2. The maximum atomic E-state index is 12.6. The van der Waals surface area contributed by atoms with Crippen molar-refractivity contribution in [3.8, 4) is 5.75 Å². The van der Waals surface area contributed by atoms with Crippen LogP contribution < -0.4 is 10.5 Å². The van der Waals surface area contributed by atoms with Gasteiger partial charge in [0.05, 0.1) is 23.7 Å². The van der Waals surface area contributed by atoms with Gasteiger partial charge in [0.1, 0.15) is 5.75 Å². The average molecular weight is 293 g/mol. The first-order valence-corrected chi connectivity index (χ1v) is 6.83. The molecule has 2 atom stereocenters. The molecule has 0 bridgehead atoms. The SMILES string of the molecule is COc1cc([N+](=O)[O-])ccc1C(=O)N1CCC(N)CC1C. The van der Waals surface area contributed by atoms with Crippen LogP contribution in [0.4, 0.5) is 5.69 Å². The molecule has 1 aliphatic rings. The van der Waals surface area contributed by atoms with Crippen LogP contribution in [0, 0.1) is 10.1 Å². The molecule has 1 saturated heterocycles. The Labute approximate surface area is 122 Å². The van der Waals surface area contributed by atoms with Crippen LogP contribution in [-0.4, -0.2) is 41.5 Å². The van der Waals surface area contributed by atoms with Crippen LogP contribution in [0.15, 0.2) is 18.2 Å². The van der Waals surface area contributed by atoms with Crippen molar-refractivity contribution in [2.24, 2.45) is 5.73 Å². The van der Waals surface area contributed by atoms with Crippen LogP contribution in [0.1, 0.15) is 30.1 Å². The van der Waals surface area contributed by atoms with E-state index < -0.39 is 4.92 Å². The van der Waals surface area contributed by atoms with E-state index in [1.807, 2.05) is 6.92 Å². The molecule has 7 nitrogen and oxygen atoms in total. The van der Waals surface area contributed by atoms with Crippen molar-refractivity contribution in [1.82, 2.24) is 4.90 Å². The molecule has 1 heterocycles. The Morgan fingerprint density at radius 3 is 2.81 bits per heavy atom. The number of hydrogen-bond acceptors (Lipinski definition) is 5. The third kappa shape index (κ3) is 3.13. The molecule has 0 saturated carbocycles. The highest BCUT2D eigenvalue weighted by atomic mass is 16.6. The molecule has 1 aliphatic heterocycles. The highest BCUT2D eigenvalue weighted by molar-refractivity contribution is 5.97. The quantitative estimate of drug-likeness (QED) is 0.673. The Hall–Kier alpha value is -2.15. The predicted octanol–water partition coefficient (Wildman–Crippen LogP) is 1.56. The summed E-state index contributed by atoms with van der Waals surface area (Å²) < 4.78 is 5.13. The molecule has 0 spiro atoms. The van der Waals surface area contributed by atoms with Crippen LogP contribution in [-0.2, 0) is 0 Å². The lowest BCUT2D eigenvalue weighted by Gasteiger charge is -2.36. The summed E-state index contributed by atoms with van der Waals surface area (Å²) >= 11 is 0. The van der Waals surface area contributed by atoms with Gasteiger partial charge in [-0.3, -0.25) is 14.9 Å². The van der Waals surface area contributed by atoms with E-state index in [1.165, 1.54) is 25.3 Å². The highest BCUT2D eigenvalue weighted by Gasteiger charge is 2.29. The summed E-state index contributed by atoms with van der Waals surface area (Å²) in [6.45, 7) is 2.54. The van der Waals surface area contributed by atoms with Crippen molar-refractivity contribution >= 4 is 11.6 Å². The second-order valence-electron chi connectivity index (χ2n) is 5.27. The van der Waals surface area contributed by atoms with Gasteiger partial charge in [-0.2, -0.15) is 0 Å². The minimum absolute atomic E-state index is 0.0427. The largest absolute Gasteiger partial charge is 0.496 e. The van der Waals surface area contributed by atoms with Gasteiger partial charge < -0.3 is 15.4 Å². The maximum Gasteiger partial charge on any atom is 0.273 e. The molecule has 7 heteroatoms. The Kier molecular flexibility index (Phi) is 4.42. The maximum absolute atomic E-state index is 12.6. The molecule has 1 aromatic carbocycles. The van der Waals surface area contributed by atoms with E-state index >= 15 is 0 Å². The van der Waals surface area contributed by atoms with Crippen molar-refractivity contribution in [3.05, 3.63) is 33.9 Å². The summed E-state index contributed by atoms with van der Waals surface area (Å²) in [5.41, 5.74) is 6.14. The standard InChI is InChI=1S/C14H19N3O4/c1-9-7-10(15)5-6-16(9)14(18)12-4-3-11(17(19)20)8-13(12)21-2/h3-4,8-10H,5-7,15H2,1-2H3. The number of ether oxygens (including phenoxy) is 1. The molecule has 2 rings (SSSR count). The van der Waals surface area contributed by atoms with Crippen LogP contribution in [0.25, 0.3) is 0 Å². The molecule has 0 aromatic heterocycles. The minimum atomic E-state index is -0.515. The van der Waals surface area contributed by atoms with Crippen LogP contribution in [0.3, 0.4) is 0 Å². The molecule has 21 heavy (non-hydrogen) atoms. The summed E-state index contributed by atoms with van der Waals surface area (Å²) in [6, 6.07) is 4.19. The number of carbonyl (C=O) groups is 1. The number of methoxy groups -OCH3 is 1. The normalized spacial score (nSPS) is 22.0. The van der Waals surface area contributed by atoms with Crippen molar-refractivity contribution in [3.63, 3.8) is 0 Å². The molecule has 2 unspecified atom stereocenters. The van der Waals surface area contributed by atoms with E-state index in [0.717, 1.165) is 12.8 Å². The zero-order chi connectivity index (χ0) is 15.6. The van der Waals surface area contributed by atoms with E-state index in [9.17, 15) is 14.9 Å². The van der Waals surface area contributed by atoms with Crippen molar-refractivity contribution in [2.45, 2.75) is 31.8 Å². The van der Waals surface area contributed by atoms with Gasteiger partial charge in [-0.05, 0) is 25.8 Å². The Bertz CT molecular complexity index is 561. The zero-order valence-corrected chi connectivity index (χ0v) is 12.1. The summed E-state index contributed by atoms with van der Waals surface area (Å²) in [7, 11) is 1.39. The number of nitro groups is 1. The van der Waals surface area contributed by atoms with Crippen molar-refractivity contribution in [2.75, 3.05) is 13.7 Å². The number of piperidine rings is 1. The zero-order valence-electron chi connectivity index (χ0n) is 12.1. The summed E-state index contributed by atoms with van der Waals surface area (Å²) in [5.74, 6) is 0.0393. The molecular weight excluding hydrogens is 274 g/mol. The van der Waals surface area contributed by atoms with Gasteiger partial charge in [-0.25, -0.2) is 0 Å². The van der Waals surface area contributed by atoms with Gasteiger partial charge in [0.25, 0.3) is 11.6 Å². The second kappa shape index (κ2) is 6.09. The number of rotatable bonds is 3. The number of non-ortho nitro benzene ring substituents is 1. The molecular formula is C14H19N3O4. The molecule has 114 valence electrons. The van der Waals surface area contributed by atoms with Crippen molar-refractivity contribution in [1.29, 1.82) is 0 Å². The van der Waals surface area contributed by atoms with Gasteiger partial charge in [0.2, 0.25) is 0 Å². The fourth-order valence-electron chi connectivity index (χ4n) is 2.64. The molecule has 2 N–H and O–H groups in total. The van der Waals surface area contributed by atoms with Crippen molar-refractivity contribution < 1.29 is 14.5 Å². The Balaban J connectivity index is 2.28. The van der Waals surface area contributed by atoms with Gasteiger partial charge in [-0.15, -0.1) is 0 Å². The lowest BCUT2D eigenvalue weighted by molar-refractivity contribution is -0.384. The van der Waals surface area contributed by atoms with Crippen LogP contribution in [0.5, 0.6) is 5.75 Å². The average Bonchev–Trinajstić information content (AvgIpc) is 2.45. The highest BCUT2D eigenvalue weighted by Crippen LogP contribution is 2.28. The fourth-order valence-corrected chi connectivity index (χ4v) is 2.64. The number of likely N-dealkylation sites (tertiary alicyclic amines) is 1. The predicted molar refractivity (Wildman–Crippen MR) is 77.4 cm³/mol. The van der Waals surface area contributed by atoms with E-state index in [0.29, 0.717) is 12.1 Å². The van der Waals surface area contributed by atoms with E-state index in [1.54, 1.807) is 4.90 Å². The lowest BCUT2D eigenvalue weighted by Crippen LogP contribution is -2.48. The Morgan fingerprint density at radius 1 is 1.52 bits per heavy atom. The first-order valence-electron chi connectivity index (χ1n) is 6.83. The number of amides is 1. The summed E-state index contributed by atoms with van der Waals surface area (Å²) in [4.78, 5) is 24.6. The summed E-state index contributed by atoms with van der Waals surface area (Å²) in [5, 5.41) is 10.8. The van der Waals surface area contributed by atoms with E-state index in [2.05, 4.69) is 0 Å². The van der Waals surface area contributed by atoms with E-state index in [4.69, 9.17) is 10.5 Å². The first kappa shape index (κ1) is 15.2. The van der Waals surface area contributed by atoms with Gasteiger partial charge in [0.15, 0.2) is 0 Å². The first-order chi connectivity index (χ1) is 9.93. The van der Waals surface area contributed by atoms with Gasteiger partial charge in [0, 0.05) is 24.7 Å². The topological polar surface area (TPSA) is 98.7 Å². The number of carbonyl (C=O) groups excluding carboxylic acids is 1. The number of nitro benzene ring substituents is 1. The van der Waals surface area contributed by atoms with Crippen LogP contribution >= 0.6 is 0 Å². The fraction of sp³-hybridized carbons (Fsp3) is 0.500. The summed E-state index contributed by atoms with van der Waals surface area (Å²) in [6.07, 6.45) is 1.51. The Morgan fingerprint density at radius 2 is 2.24 bits per heavy atom. The smallest absolute Gasteiger partial charge is 0.273 e. The molecule has 1 aromatic rings. The monoisotopic (exact) mass is 293 g/mol. The third-order valence-electron chi connectivity index (χ3n) is 3.80. The van der Waals surface area contributed by atoms with Gasteiger partial charge in [-0.1, -0.05) is 0 Å². The molecule has 0 aliphatic carbocycles. The van der Waals surface area contributed by atoms with E-state index in [-0.39, 0.29) is 29.4 Å². The second-order valence-corrected chi connectivity index (χ2v) is 5.27. The van der Waals surface area contributed by atoms with Crippen LogP contribution in [0.2, 0.25) is 0 Å². The lowest BCUT2D eigenvalue weighted by atomic mass is 9.98. The number of benzene rings is 1. The molecule has 1 amide bonds.